The van der Waals surface area contributed by atoms with Gasteiger partial charge in [-0.1, -0.05) is 18.2 Å². The number of hydrogen-bond donors (Lipinski definition) is 0. The van der Waals surface area contributed by atoms with Gasteiger partial charge in [-0.3, -0.25) is 4.57 Å². The molecule has 0 unspecified atom stereocenters. The van der Waals surface area contributed by atoms with Gasteiger partial charge in [0.2, 0.25) is 0 Å². The second-order valence-corrected chi connectivity index (χ2v) is 4.86. The fourth-order valence-electron chi connectivity index (χ4n) is 0.613. The Hall–Kier alpha value is 0.447. The average molecular weight is 344 g/mol. The molecule has 1 aromatic rings. The zero-order valence-corrected chi connectivity index (χ0v) is 11.2. The van der Waals surface area contributed by atoms with E-state index in [1.807, 2.05) is 0 Å². The Kier molecular flexibility index (Phi) is 6.24. The van der Waals surface area contributed by atoms with Crippen molar-refractivity contribution in [2.75, 3.05) is 0 Å². The van der Waals surface area contributed by atoms with Crippen molar-refractivity contribution in [2.45, 2.75) is 0 Å². The fraction of sp³-hybridized carbons (Fsp3) is 0. The molecule has 0 heterocycles. The maximum Gasteiger partial charge on any atom is 0.394 e. The molecule has 0 radical (unpaired) electrons. The quantitative estimate of drug-likeness (QED) is 0.782. The molecule has 13 heavy (non-hydrogen) atoms. The molecule has 0 bridgehead atoms. The summed E-state index contributed by atoms with van der Waals surface area (Å²) >= 11 is 0. The largest absolute Gasteiger partial charge is 0.394 e. The molecular weight excluding hydrogens is 339 g/mol. The molecule has 1 rings (SSSR count). The summed E-state index contributed by atoms with van der Waals surface area (Å²) in [5, 5.41) is 0. The van der Waals surface area contributed by atoms with Crippen LogP contribution in [0.2, 0.25) is 0 Å². The Morgan fingerprint density at radius 3 is 2.15 bits per heavy atom. The summed E-state index contributed by atoms with van der Waals surface area (Å²) in [4.78, 5) is 0. The molecule has 68 valence electrons. The van der Waals surface area contributed by atoms with Crippen LogP contribution in [0.1, 0.15) is 0 Å². The van der Waals surface area contributed by atoms with E-state index in [4.69, 9.17) is 0 Å². The van der Waals surface area contributed by atoms with Crippen LogP contribution in [0.3, 0.4) is 0 Å². The molecule has 0 aliphatic heterocycles. The second-order valence-electron chi connectivity index (χ2n) is 1.90. The number of benzene rings is 1. The van der Waals surface area contributed by atoms with E-state index in [2.05, 4.69) is 4.18 Å². The summed E-state index contributed by atoms with van der Waals surface area (Å²) in [6.07, 6.45) is 0. The van der Waals surface area contributed by atoms with E-state index in [0.717, 1.165) is 0 Å². The molecule has 1 aromatic carbocycles. The van der Waals surface area contributed by atoms with E-state index >= 15 is 0 Å². The van der Waals surface area contributed by atoms with Crippen molar-refractivity contribution in [1.29, 1.82) is 0 Å². The van der Waals surface area contributed by atoms with E-state index in [1.54, 1.807) is 18.2 Å². The van der Waals surface area contributed by atoms with Gasteiger partial charge in [-0.2, -0.15) is 8.42 Å². The minimum atomic E-state index is -3.96. The van der Waals surface area contributed by atoms with Crippen LogP contribution in [0, 0.1) is 41.7 Å². The predicted molar refractivity (Wildman–Crippen MR) is 43.6 cm³/mol. The summed E-state index contributed by atoms with van der Waals surface area (Å²) in [6, 6.07) is 7.87. The molecule has 0 aliphatic carbocycles. The van der Waals surface area contributed by atoms with Gasteiger partial charge in [-0.25, -0.2) is 0 Å². The van der Waals surface area contributed by atoms with Crippen molar-refractivity contribution in [1.82, 2.24) is 0 Å². The molecule has 4 nitrogen and oxygen atoms in total. The van der Waals surface area contributed by atoms with Crippen molar-refractivity contribution in [2.24, 2.45) is 0 Å². The first-order chi connectivity index (χ1) is 5.64. The molecule has 0 atom stereocenters. The van der Waals surface area contributed by atoms with Gasteiger partial charge in [-0.15, -0.1) is 0 Å². The molecule has 0 saturated heterocycles. The molecular formula is C6H5CeO4PS. The monoisotopic (exact) mass is 344 g/mol. The van der Waals surface area contributed by atoms with Gasteiger partial charge < -0.3 is 4.18 Å². The van der Waals surface area contributed by atoms with Crippen LogP contribution in [-0.2, 0) is 14.3 Å². The smallest absolute Gasteiger partial charge is 0.374 e. The topological polar surface area (TPSA) is 60.4 Å². The molecule has 0 amide bonds. The Balaban J connectivity index is 0.00000144. The van der Waals surface area contributed by atoms with E-state index in [0.29, 0.717) is 0 Å². The first-order valence-corrected chi connectivity index (χ1v) is 5.81. The minimum absolute atomic E-state index is 0. The van der Waals surface area contributed by atoms with E-state index in [9.17, 15) is 13.0 Å². The second kappa shape index (κ2) is 6.03. The van der Waals surface area contributed by atoms with E-state index in [1.165, 1.54) is 12.1 Å². The van der Waals surface area contributed by atoms with Crippen LogP contribution in [0.25, 0.3) is 0 Å². The first-order valence-electron chi connectivity index (χ1n) is 2.98. The predicted octanol–water partition coefficient (Wildman–Crippen LogP) is 1.60. The maximum absolute atomic E-state index is 10.6. The van der Waals surface area contributed by atoms with Crippen molar-refractivity contribution >= 4 is 17.4 Å². The van der Waals surface area contributed by atoms with Gasteiger partial charge in [0.25, 0.3) is 0 Å². The van der Waals surface area contributed by atoms with Gasteiger partial charge in [0.05, 0.1) is 0 Å². The Bertz CT molecular complexity index is 363. The average Bonchev–Trinajstić information content (AvgIpc) is 2.06. The van der Waals surface area contributed by atoms with Gasteiger partial charge in [0.15, 0.2) is 0 Å². The van der Waals surface area contributed by atoms with Gasteiger partial charge in [-0.05, 0) is 12.1 Å². The standard InChI is InChI=1S/C6H5O4PS.Ce/c7-11-12(8,9)10-6-4-2-1-3-5-6;/h1-5H;. The number of para-hydroxylation sites is 1. The van der Waals surface area contributed by atoms with Crippen LogP contribution in [0.4, 0.5) is 0 Å². The third-order valence-corrected chi connectivity index (χ3v) is 2.39. The minimum Gasteiger partial charge on any atom is -0.374 e. The van der Waals surface area contributed by atoms with E-state index in [-0.39, 0.29) is 47.5 Å². The third kappa shape index (κ3) is 5.02. The molecule has 0 aromatic heterocycles. The van der Waals surface area contributed by atoms with E-state index < -0.39 is 17.4 Å². The number of rotatable bonds is 3. The molecule has 0 aliphatic rings. The van der Waals surface area contributed by atoms with Crippen LogP contribution < -0.4 is 4.18 Å². The summed E-state index contributed by atoms with van der Waals surface area (Å²) in [6.45, 7) is 0. The Morgan fingerprint density at radius 2 is 1.69 bits per heavy atom. The first kappa shape index (κ1) is 13.4. The summed E-state index contributed by atoms with van der Waals surface area (Å²) < 4.78 is 35.7. The van der Waals surface area contributed by atoms with Gasteiger partial charge in [0.1, 0.15) is 5.75 Å². The van der Waals surface area contributed by atoms with Crippen LogP contribution in [-0.4, -0.2) is 8.42 Å². The summed E-state index contributed by atoms with van der Waals surface area (Å²) in [5.41, 5.74) is 0. The molecule has 0 spiro atoms. The summed E-state index contributed by atoms with van der Waals surface area (Å²) in [7, 11) is -4.99. The Morgan fingerprint density at radius 1 is 1.15 bits per heavy atom. The van der Waals surface area contributed by atoms with Crippen molar-refractivity contribution in [3.8, 4) is 5.75 Å². The normalized spacial score (nSPS) is 10.5. The third-order valence-electron chi connectivity index (χ3n) is 1.04. The Labute approximate surface area is 111 Å². The van der Waals surface area contributed by atoms with Crippen molar-refractivity contribution < 1.29 is 58.9 Å². The zero-order valence-electron chi connectivity index (χ0n) is 6.38. The van der Waals surface area contributed by atoms with Gasteiger partial charge in [0, 0.05) is 41.7 Å². The van der Waals surface area contributed by atoms with Crippen LogP contribution >= 0.6 is 7.66 Å². The number of hydrogen-bond acceptors (Lipinski definition) is 4. The van der Waals surface area contributed by atoms with Crippen LogP contribution in [0.15, 0.2) is 30.3 Å². The van der Waals surface area contributed by atoms with Crippen molar-refractivity contribution in [3.05, 3.63) is 30.3 Å². The SMILES string of the molecule is O=PS(=O)(=O)Oc1ccccc1.[Ce]. The van der Waals surface area contributed by atoms with Crippen molar-refractivity contribution in [3.63, 3.8) is 0 Å². The molecule has 0 saturated carbocycles. The zero-order chi connectivity index (χ0) is 9.03. The van der Waals surface area contributed by atoms with Crippen LogP contribution in [0.5, 0.6) is 5.75 Å². The molecule has 0 fully saturated rings. The molecule has 7 heteroatoms. The maximum atomic E-state index is 10.6. The fourth-order valence-corrected chi connectivity index (χ4v) is 1.35. The summed E-state index contributed by atoms with van der Waals surface area (Å²) in [5.74, 6) is 0.154. The van der Waals surface area contributed by atoms with Gasteiger partial charge >= 0.3 is 17.4 Å². The molecule has 0 N–H and O–H groups in total.